The van der Waals surface area contributed by atoms with Crippen molar-refractivity contribution in [3.05, 3.63) is 23.9 Å². The van der Waals surface area contributed by atoms with Crippen molar-refractivity contribution < 1.29 is 14.3 Å². The summed E-state index contributed by atoms with van der Waals surface area (Å²) in [5.41, 5.74) is 0.614. The Balaban J connectivity index is 1.84. The van der Waals surface area contributed by atoms with Crippen LogP contribution in [0.15, 0.2) is 18.3 Å². The van der Waals surface area contributed by atoms with Crippen LogP contribution in [0.25, 0.3) is 0 Å². The topological polar surface area (TPSA) is 48.4 Å². The molecule has 1 fully saturated rings. The van der Waals surface area contributed by atoms with Crippen molar-refractivity contribution in [2.45, 2.75) is 19.8 Å². The van der Waals surface area contributed by atoms with Crippen LogP contribution in [0.4, 0.5) is 0 Å². The fourth-order valence-electron chi connectivity index (χ4n) is 1.79. The van der Waals surface area contributed by atoms with E-state index < -0.39 is 0 Å². The minimum absolute atomic E-state index is 0.0217. The molecule has 17 heavy (non-hydrogen) atoms. The molecule has 0 N–H and O–H groups in total. The van der Waals surface area contributed by atoms with Crippen LogP contribution in [0, 0.1) is 5.92 Å². The maximum Gasteiger partial charge on any atom is 0.213 e. The number of ketones is 1. The molecule has 4 nitrogen and oxygen atoms in total. The third-order valence-corrected chi connectivity index (χ3v) is 2.95. The lowest BCUT2D eigenvalue weighted by Crippen LogP contribution is -2.21. The fourth-order valence-corrected chi connectivity index (χ4v) is 1.79. The second-order valence-corrected chi connectivity index (χ2v) is 4.31. The van der Waals surface area contributed by atoms with Gasteiger partial charge in [-0.25, -0.2) is 4.98 Å². The lowest BCUT2D eigenvalue weighted by molar-refractivity contribution is 0.0490. The van der Waals surface area contributed by atoms with E-state index in [2.05, 4.69) is 4.98 Å². The number of Topliss-reactive ketones (excluding diaryl/α,β-unsaturated/α-hetero) is 1. The Bertz CT molecular complexity index is 369. The van der Waals surface area contributed by atoms with Crippen LogP contribution in [-0.4, -0.2) is 30.6 Å². The maximum absolute atomic E-state index is 11.1. The molecule has 0 aromatic carbocycles. The Labute approximate surface area is 101 Å². The Morgan fingerprint density at radius 3 is 2.82 bits per heavy atom. The third kappa shape index (κ3) is 3.53. The second kappa shape index (κ2) is 5.77. The first-order chi connectivity index (χ1) is 8.25. The van der Waals surface area contributed by atoms with Gasteiger partial charge in [0.25, 0.3) is 0 Å². The molecular weight excluding hydrogens is 218 g/mol. The summed E-state index contributed by atoms with van der Waals surface area (Å²) < 4.78 is 10.9. The lowest BCUT2D eigenvalue weighted by Gasteiger charge is -2.21. The quantitative estimate of drug-likeness (QED) is 0.750. The second-order valence-electron chi connectivity index (χ2n) is 4.31. The molecule has 1 aromatic heterocycles. The van der Waals surface area contributed by atoms with E-state index in [4.69, 9.17) is 9.47 Å². The zero-order chi connectivity index (χ0) is 12.1. The van der Waals surface area contributed by atoms with Crippen molar-refractivity contribution >= 4 is 5.78 Å². The van der Waals surface area contributed by atoms with E-state index in [0.717, 1.165) is 26.1 Å². The van der Waals surface area contributed by atoms with Gasteiger partial charge in [-0.1, -0.05) is 0 Å². The summed E-state index contributed by atoms with van der Waals surface area (Å²) in [6.45, 7) is 3.85. The van der Waals surface area contributed by atoms with Gasteiger partial charge >= 0.3 is 0 Å². The molecule has 0 spiro atoms. The molecule has 0 aliphatic carbocycles. The molecule has 0 bridgehead atoms. The number of hydrogen-bond acceptors (Lipinski definition) is 4. The van der Waals surface area contributed by atoms with Crippen molar-refractivity contribution in [2.75, 3.05) is 19.8 Å². The van der Waals surface area contributed by atoms with Gasteiger partial charge in [0.15, 0.2) is 5.78 Å². The smallest absolute Gasteiger partial charge is 0.213 e. The van der Waals surface area contributed by atoms with Gasteiger partial charge < -0.3 is 9.47 Å². The molecule has 4 heteroatoms. The predicted octanol–water partition coefficient (Wildman–Crippen LogP) is 2.09. The van der Waals surface area contributed by atoms with Crippen LogP contribution in [-0.2, 0) is 4.74 Å². The first kappa shape index (κ1) is 12.0. The SMILES string of the molecule is CC(=O)c1ccc(OCC2CCOCC2)nc1. The minimum Gasteiger partial charge on any atom is -0.477 e. The third-order valence-electron chi connectivity index (χ3n) is 2.95. The van der Waals surface area contributed by atoms with Crippen molar-refractivity contribution in [2.24, 2.45) is 5.92 Å². The number of hydrogen-bond donors (Lipinski definition) is 0. The van der Waals surface area contributed by atoms with Gasteiger partial charge in [-0.2, -0.15) is 0 Å². The largest absolute Gasteiger partial charge is 0.477 e. The van der Waals surface area contributed by atoms with Crippen LogP contribution in [0.1, 0.15) is 30.1 Å². The monoisotopic (exact) mass is 235 g/mol. The van der Waals surface area contributed by atoms with Gasteiger partial charge in [0, 0.05) is 31.0 Å². The Kier molecular flexibility index (Phi) is 4.09. The zero-order valence-electron chi connectivity index (χ0n) is 10.0. The maximum atomic E-state index is 11.1. The molecule has 1 aliphatic heterocycles. The molecular formula is C13H17NO3. The van der Waals surface area contributed by atoms with Crippen molar-refractivity contribution in [1.29, 1.82) is 0 Å². The summed E-state index contributed by atoms with van der Waals surface area (Å²) in [5, 5.41) is 0. The molecule has 0 unspecified atom stereocenters. The van der Waals surface area contributed by atoms with Crippen LogP contribution in [0.3, 0.4) is 0 Å². The summed E-state index contributed by atoms with van der Waals surface area (Å²) in [6.07, 6.45) is 3.65. The summed E-state index contributed by atoms with van der Waals surface area (Å²) in [5.74, 6) is 1.16. The molecule has 0 atom stereocenters. The molecule has 2 rings (SSSR count). The number of nitrogens with zero attached hydrogens (tertiary/aromatic N) is 1. The number of ether oxygens (including phenoxy) is 2. The molecule has 1 saturated heterocycles. The van der Waals surface area contributed by atoms with E-state index in [1.807, 2.05) is 0 Å². The molecule has 1 aliphatic rings. The van der Waals surface area contributed by atoms with Crippen molar-refractivity contribution in [1.82, 2.24) is 4.98 Å². The first-order valence-electron chi connectivity index (χ1n) is 5.93. The normalized spacial score (nSPS) is 16.8. The highest BCUT2D eigenvalue weighted by atomic mass is 16.5. The van der Waals surface area contributed by atoms with Gasteiger partial charge in [-0.05, 0) is 31.7 Å². The van der Waals surface area contributed by atoms with Gasteiger partial charge in [0.1, 0.15) is 0 Å². The highest BCUT2D eigenvalue weighted by Crippen LogP contribution is 2.16. The van der Waals surface area contributed by atoms with Crippen LogP contribution in [0.5, 0.6) is 5.88 Å². The van der Waals surface area contributed by atoms with E-state index in [1.54, 1.807) is 18.3 Å². The van der Waals surface area contributed by atoms with Crippen LogP contribution >= 0.6 is 0 Å². The Hall–Kier alpha value is -1.42. The summed E-state index contributed by atoms with van der Waals surface area (Å²) >= 11 is 0. The number of carbonyl (C=O) groups excluding carboxylic acids is 1. The average Bonchev–Trinajstić information content (AvgIpc) is 2.38. The number of rotatable bonds is 4. The summed E-state index contributed by atoms with van der Waals surface area (Å²) in [4.78, 5) is 15.2. The zero-order valence-corrected chi connectivity index (χ0v) is 10.0. The van der Waals surface area contributed by atoms with Crippen LogP contribution in [0.2, 0.25) is 0 Å². The van der Waals surface area contributed by atoms with E-state index in [9.17, 15) is 4.79 Å². The van der Waals surface area contributed by atoms with Crippen LogP contribution < -0.4 is 4.74 Å². The highest BCUT2D eigenvalue weighted by molar-refractivity contribution is 5.93. The number of aromatic nitrogens is 1. The number of pyridine rings is 1. The van der Waals surface area contributed by atoms with Crippen molar-refractivity contribution in [3.8, 4) is 5.88 Å². The number of carbonyl (C=O) groups is 1. The molecule has 0 radical (unpaired) electrons. The molecule has 2 heterocycles. The predicted molar refractivity (Wildman–Crippen MR) is 63.3 cm³/mol. The van der Waals surface area contributed by atoms with E-state index in [-0.39, 0.29) is 5.78 Å². The minimum atomic E-state index is 0.0217. The van der Waals surface area contributed by atoms with E-state index in [1.165, 1.54) is 6.92 Å². The standard InChI is InChI=1S/C13H17NO3/c1-10(15)12-2-3-13(14-8-12)17-9-11-4-6-16-7-5-11/h2-3,8,11H,4-7,9H2,1H3. The molecule has 92 valence electrons. The summed E-state index contributed by atoms with van der Waals surface area (Å²) in [7, 11) is 0. The molecule has 0 amide bonds. The fraction of sp³-hybridized carbons (Fsp3) is 0.538. The highest BCUT2D eigenvalue weighted by Gasteiger charge is 2.14. The van der Waals surface area contributed by atoms with Gasteiger partial charge in [-0.15, -0.1) is 0 Å². The van der Waals surface area contributed by atoms with Crippen molar-refractivity contribution in [3.63, 3.8) is 0 Å². The van der Waals surface area contributed by atoms with E-state index >= 15 is 0 Å². The summed E-state index contributed by atoms with van der Waals surface area (Å²) in [6, 6.07) is 3.49. The first-order valence-corrected chi connectivity index (χ1v) is 5.93. The Morgan fingerprint density at radius 1 is 1.47 bits per heavy atom. The Morgan fingerprint density at radius 2 is 2.24 bits per heavy atom. The average molecular weight is 235 g/mol. The van der Waals surface area contributed by atoms with Gasteiger partial charge in [0.2, 0.25) is 5.88 Å². The van der Waals surface area contributed by atoms with E-state index in [0.29, 0.717) is 24.0 Å². The molecule has 0 saturated carbocycles. The lowest BCUT2D eigenvalue weighted by atomic mass is 10.0. The van der Waals surface area contributed by atoms with Gasteiger partial charge in [0.05, 0.1) is 6.61 Å². The van der Waals surface area contributed by atoms with Gasteiger partial charge in [-0.3, -0.25) is 4.79 Å². The molecule has 1 aromatic rings.